The first-order valence-corrected chi connectivity index (χ1v) is 6.53. The molecule has 0 aromatic carbocycles. The van der Waals surface area contributed by atoms with Crippen molar-refractivity contribution < 1.29 is 9.53 Å². The van der Waals surface area contributed by atoms with Crippen LogP contribution in [0.15, 0.2) is 6.20 Å². The number of thiazole rings is 1. The molecule has 0 fully saturated rings. The largest absolute Gasteiger partial charge is 0.465 e. The molecule has 1 aromatic rings. The summed E-state index contributed by atoms with van der Waals surface area (Å²) in [6.45, 7) is 8.17. The lowest BCUT2D eigenvalue weighted by molar-refractivity contribution is 0.0606. The number of ether oxygens (including phenoxy) is 1. The Balaban J connectivity index is 2.37. The second kappa shape index (κ2) is 7.24. The van der Waals surface area contributed by atoms with Gasteiger partial charge in [0.25, 0.3) is 0 Å². The van der Waals surface area contributed by atoms with Crippen molar-refractivity contribution in [3.63, 3.8) is 0 Å². The zero-order valence-corrected chi connectivity index (χ0v) is 11.3. The predicted octanol–water partition coefficient (Wildman–Crippen LogP) is 1.68. The Bertz CT molecular complexity index is 350. The molecule has 0 aliphatic heterocycles. The van der Waals surface area contributed by atoms with Crippen molar-refractivity contribution in [1.29, 1.82) is 0 Å². The molecule has 0 amide bonds. The third-order valence-corrected chi connectivity index (χ3v) is 3.43. The van der Waals surface area contributed by atoms with Gasteiger partial charge in [0, 0.05) is 13.1 Å². The van der Waals surface area contributed by atoms with Crippen LogP contribution in [0.4, 0.5) is 5.13 Å². The minimum absolute atomic E-state index is 0.334. The van der Waals surface area contributed by atoms with Crippen LogP contribution in [0.5, 0.6) is 0 Å². The van der Waals surface area contributed by atoms with Crippen LogP contribution in [-0.4, -0.2) is 49.1 Å². The Morgan fingerprint density at radius 3 is 2.82 bits per heavy atom. The Hall–Kier alpha value is -1.14. The van der Waals surface area contributed by atoms with Gasteiger partial charge in [-0.3, -0.25) is 0 Å². The molecule has 0 saturated carbocycles. The molecule has 0 unspecified atom stereocenters. The quantitative estimate of drug-likeness (QED) is 0.753. The summed E-state index contributed by atoms with van der Waals surface area (Å²) in [4.78, 5) is 18.2. The number of anilines is 1. The molecular weight excluding hydrogens is 238 g/mol. The molecule has 0 aliphatic carbocycles. The smallest absolute Gasteiger partial charge is 0.349 e. The van der Waals surface area contributed by atoms with Gasteiger partial charge in [0.2, 0.25) is 0 Å². The number of hydrogen-bond acceptors (Lipinski definition) is 6. The van der Waals surface area contributed by atoms with E-state index in [1.165, 1.54) is 24.6 Å². The highest BCUT2D eigenvalue weighted by Crippen LogP contribution is 2.18. The van der Waals surface area contributed by atoms with Crippen LogP contribution in [0.3, 0.4) is 0 Å². The van der Waals surface area contributed by atoms with Crippen molar-refractivity contribution in [3.05, 3.63) is 11.1 Å². The van der Waals surface area contributed by atoms with Crippen molar-refractivity contribution >= 4 is 22.4 Å². The molecule has 1 N–H and O–H groups in total. The monoisotopic (exact) mass is 257 g/mol. The highest BCUT2D eigenvalue weighted by Gasteiger charge is 2.10. The summed E-state index contributed by atoms with van der Waals surface area (Å²) in [6.07, 6.45) is 1.54. The molecule has 0 spiro atoms. The number of hydrogen-bond donors (Lipinski definition) is 1. The van der Waals surface area contributed by atoms with Crippen LogP contribution in [-0.2, 0) is 4.74 Å². The number of rotatable bonds is 7. The summed E-state index contributed by atoms with van der Waals surface area (Å²) in [5.74, 6) is -0.334. The normalized spacial score (nSPS) is 10.6. The van der Waals surface area contributed by atoms with E-state index in [1.54, 1.807) is 0 Å². The van der Waals surface area contributed by atoms with Crippen LogP contribution >= 0.6 is 11.3 Å². The first-order chi connectivity index (χ1) is 8.21. The maximum atomic E-state index is 11.2. The zero-order valence-electron chi connectivity index (χ0n) is 10.5. The van der Waals surface area contributed by atoms with E-state index >= 15 is 0 Å². The molecule has 1 heterocycles. The number of nitrogens with one attached hydrogen (secondary N) is 1. The van der Waals surface area contributed by atoms with Crippen molar-refractivity contribution in [2.24, 2.45) is 0 Å². The van der Waals surface area contributed by atoms with Gasteiger partial charge in [-0.2, -0.15) is 0 Å². The van der Waals surface area contributed by atoms with Crippen molar-refractivity contribution in [1.82, 2.24) is 9.88 Å². The van der Waals surface area contributed by atoms with E-state index in [1.807, 2.05) is 0 Å². The lowest BCUT2D eigenvalue weighted by atomic mass is 10.5. The average Bonchev–Trinajstić information content (AvgIpc) is 2.82. The summed E-state index contributed by atoms with van der Waals surface area (Å²) in [6, 6.07) is 0. The Morgan fingerprint density at radius 1 is 1.53 bits per heavy atom. The number of carbonyl (C=O) groups is 1. The van der Waals surface area contributed by atoms with Crippen molar-refractivity contribution in [3.8, 4) is 0 Å². The second-order valence-electron chi connectivity index (χ2n) is 3.47. The fraction of sp³-hybridized carbons (Fsp3) is 0.636. The number of methoxy groups -OCH3 is 1. The molecule has 17 heavy (non-hydrogen) atoms. The van der Waals surface area contributed by atoms with Crippen LogP contribution < -0.4 is 5.32 Å². The van der Waals surface area contributed by atoms with E-state index in [2.05, 4.69) is 33.8 Å². The minimum atomic E-state index is -0.334. The molecule has 0 radical (unpaired) electrons. The van der Waals surface area contributed by atoms with Crippen LogP contribution in [0.1, 0.15) is 23.5 Å². The van der Waals surface area contributed by atoms with Gasteiger partial charge in [-0.05, 0) is 13.1 Å². The van der Waals surface area contributed by atoms with E-state index in [-0.39, 0.29) is 5.97 Å². The third-order valence-electron chi connectivity index (χ3n) is 2.49. The maximum absolute atomic E-state index is 11.2. The number of esters is 1. The summed E-state index contributed by atoms with van der Waals surface area (Å²) >= 11 is 1.32. The molecule has 6 heteroatoms. The molecule has 0 atom stereocenters. The Labute approximate surface area is 106 Å². The van der Waals surface area contributed by atoms with Crippen molar-refractivity contribution in [2.45, 2.75) is 13.8 Å². The fourth-order valence-corrected chi connectivity index (χ4v) is 2.17. The standard InChI is InChI=1S/C11H19N3O2S/c1-4-14(5-2)7-6-12-11-13-8-9(17-11)10(15)16-3/h8H,4-7H2,1-3H3,(H,12,13). The Kier molecular flexibility index (Phi) is 5.93. The predicted molar refractivity (Wildman–Crippen MR) is 69.7 cm³/mol. The van der Waals surface area contributed by atoms with Crippen molar-refractivity contribution in [2.75, 3.05) is 38.6 Å². The molecule has 96 valence electrons. The first kappa shape index (κ1) is 13.9. The van der Waals surface area contributed by atoms with Gasteiger partial charge in [0.1, 0.15) is 4.88 Å². The summed E-state index contributed by atoms with van der Waals surface area (Å²) in [7, 11) is 1.37. The van der Waals surface area contributed by atoms with Gasteiger partial charge in [0.15, 0.2) is 5.13 Å². The Morgan fingerprint density at radius 2 is 2.24 bits per heavy atom. The molecule has 0 saturated heterocycles. The lowest BCUT2D eigenvalue weighted by Crippen LogP contribution is -2.28. The van der Waals surface area contributed by atoms with Crippen LogP contribution in [0.25, 0.3) is 0 Å². The third kappa shape index (κ3) is 4.32. The fourth-order valence-electron chi connectivity index (χ4n) is 1.41. The molecule has 0 aliphatic rings. The lowest BCUT2D eigenvalue weighted by Gasteiger charge is -2.17. The van der Waals surface area contributed by atoms with E-state index in [9.17, 15) is 4.79 Å². The molecular formula is C11H19N3O2S. The number of likely N-dealkylation sites (N-methyl/N-ethyl adjacent to an activating group) is 1. The van der Waals surface area contributed by atoms with Gasteiger partial charge in [-0.15, -0.1) is 0 Å². The van der Waals surface area contributed by atoms with E-state index in [4.69, 9.17) is 0 Å². The number of nitrogens with zero attached hydrogens (tertiary/aromatic N) is 2. The highest BCUT2D eigenvalue weighted by molar-refractivity contribution is 7.17. The number of carbonyl (C=O) groups excluding carboxylic acids is 1. The van der Waals surface area contributed by atoms with Gasteiger partial charge < -0.3 is 15.0 Å². The SMILES string of the molecule is CCN(CC)CCNc1ncc(C(=O)OC)s1. The zero-order chi connectivity index (χ0) is 12.7. The number of aromatic nitrogens is 1. The maximum Gasteiger partial charge on any atom is 0.349 e. The first-order valence-electron chi connectivity index (χ1n) is 5.71. The topological polar surface area (TPSA) is 54.5 Å². The van der Waals surface area contributed by atoms with E-state index in [0.717, 1.165) is 31.3 Å². The van der Waals surface area contributed by atoms with Gasteiger partial charge >= 0.3 is 5.97 Å². The van der Waals surface area contributed by atoms with E-state index < -0.39 is 0 Å². The average molecular weight is 257 g/mol. The van der Waals surface area contributed by atoms with Crippen LogP contribution in [0.2, 0.25) is 0 Å². The highest BCUT2D eigenvalue weighted by atomic mass is 32.1. The second-order valence-corrected chi connectivity index (χ2v) is 4.51. The summed E-state index contributed by atoms with van der Waals surface area (Å²) < 4.78 is 4.62. The van der Waals surface area contributed by atoms with Gasteiger partial charge in [-0.25, -0.2) is 9.78 Å². The molecule has 1 rings (SSSR count). The molecule has 1 aromatic heterocycles. The molecule has 0 bridgehead atoms. The minimum Gasteiger partial charge on any atom is -0.465 e. The van der Waals surface area contributed by atoms with Crippen LogP contribution in [0, 0.1) is 0 Å². The van der Waals surface area contributed by atoms with E-state index in [0.29, 0.717) is 4.88 Å². The van der Waals surface area contributed by atoms with Gasteiger partial charge in [-0.1, -0.05) is 25.2 Å². The van der Waals surface area contributed by atoms with Gasteiger partial charge in [0.05, 0.1) is 13.3 Å². The molecule has 5 nitrogen and oxygen atoms in total. The summed E-state index contributed by atoms with van der Waals surface area (Å²) in [5.41, 5.74) is 0. The summed E-state index contributed by atoms with van der Waals surface area (Å²) in [5, 5.41) is 3.96.